The molecule has 4 aromatic rings. The summed E-state index contributed by atoms with van der Waals surface area (Å²) in [6.07, 6.45) is 2.74. The summed E-state index contributed by atoms with van der Waals surface area (Å²) in [7, 11) is 4.84. The van der Waals surface area contributed by atoms with Gasteiger partial charge in [-0.05, 0) is 82.0 Å². The van der Waals surface area contributed by atoms with E-state index in [1.807, 2.05) is 11.6 Å². The van der Waals surface area contributed by atoms with Gasteiger partial charge in [-0.15, -0.1) is 11.3 Å². The third kappa shape index (κ3) is 5.74. The molecule has 0 radical (unpaired) electrons. The van der Waals surface area contributed by atoms with Crippen LogP contribution in [0.2, 0.25) is 0 Å². The molecule has 6 rings (SSSR count). The lowest BCUT2D eigenvalue weighted by atomic mass is 9.97. The smallest absolute Gasteiger partial charge is 0.407 e. The first-order valence-electron chi connectivity index (χ1n) is 15.0. The zero-order valence-corrected chi connectivity index (χ0v) is 26.8. The highest BCUT2D eigenvalue weighted by Crippen LogP contribution is 2.39. The first-order valence-corrected chi connectivity index (χ1v) is 15.8. The van der Waals surface area contributed by atoms with Gasteiger partial charge in [-0.1, -0.05) is 0 Å². The molecular weight excluding hydrogens is 582 g/mol. The average molecular weight is 622 g/mol. The number of aromatic nitrogens is 3. The SMILES string of the molecule is COC(=O)[C@H]1CCC(NC(=O)OC(C)(C)C)CN1C(=O)c1cc(OC)c2c(c1)nc(-c1cc3ccsc3n1CC1CC1)n2C. The number of carbonyl (C=O) groups excluding carboxylic acids is 3. The van der Waals surface area contributed by atoms with Gasteiger partial charge in [0, 0.05) is 37.1 Å². The molecule has 44 heavy (non-hydrogen) atoms. The van der Waals surface area contributed by atoms with Crippen LogP contribution < -0.4 is 10.1 Å². The molecule has 234 valence electrons. The average Bonchev–Trinajstić information content (AvgIpc) is 3.43. The minimum atomic E-state index is -0.788. The quantitative estimate of drug-likeness (QED) is 0.277. The predicted octanol–water partition coefficient (Wildman–Crippen LogP) is 5.35. The number of thiophene rings is 1. The molecule has 1 unspecified atom stereocenters. The largest absolute Gasteiger partial charge is 0.494 e. The van der Waals surface area contributed by atoms with Gasteiger partial charge in [-0.25, -0.2) is 14.6 Å². The molecule has 0 bridgehead atoms. The highest BCUT2D eigenvalue weighted by atomic mass is 32.1. The number of piperidine rings is 1. The van der Waals surface area contributed by atoms with Crippen molar-refractivity contribution >= 4 is 50.6 Å². The van der Waals surface area contributed by atoms with Crippen LogP contribution in [0.4, 0.5) is 4.79 Å². The predicted molar refractivity (Wildman–Crippen MR) is 168 cm³/mol. The van der Waals surface area contributed by atoms with E-state index in [-0.39, 0.29) is 12.5 Å². The maximum absolute atomic E-state index is 14.1. The van der Waals surface area contributed by atoms with E-state index in [4.69, 9.17) is 19.2 Å². The van der Waals surface area contributed by atoms with Gasteiger partial charge in [-0.3, -0.25) is 4.79 Å². The maximum Gasteiger partial charge on any atom is 0.407 e. The Kier molecular flexibility index (Phi) is 7.81. The number of fused-ring (bicyclic) bond motifs is 2. The number of aryl methyl sites for hydroxylation is 1. The Morgan fingerprint density at radius 2 is 1.86 bits per heavy atom. The van der Waals surface area contributed by atoms with Crippen molar-refractivity contribution in [3.63, 3.8) is 0 Å². The Balaban J connectivity index is 1.35. The van der Waals surface area contributed by atoms with Crippen LogP contribution in [0.3, 0.4) is 0 Å². The topological polar surface area (TPSA) is 117 Å². The first kappa shape index (κ1) is 30.0. The number of nitrogens with one attached hydrogen (secondary N) is 1. The number of amides is 2. The molecule has 2 amide bonds. The lowest BCUT2D eigenvalue weighted by Gasteiger charge is -2.38. The number of esters is 1. The summed E-state index contributed by atoms with van der Waals surface area (Å²) in [6.45, 7) is 6.44. The number of imidazole rings is 1. The van der Waals surface area contributed by atoms with Gasteiger partial charge in [0.15, 0.2) is 5.82 Å². The Labute approximate surface area is 260 Å². The van der Waals surface area contributed by atoms with Crippen molar-refractivity contribution < 1.29 is 28.6 Å². The van der Waals surface area contributed by atoms with Crippen LogP contribution in [0.5, 0.6) is 5.75 Å². The summed E-state index contributed by atoms with van der Waals surface area (Å²) in [6, 6.07) is 6.57. The molecule has 0 spiro atoms. The number of alkyl carbamates (subject to hydrolysis) is 1. The molecule has 1 aliphatic carbocycles. The van der Waals surface area contributed by atoms with Crippen LogP contribution in [0, 0.1) is 5.92 Å². The van der Waals surface area contributed by atoms with Gasteiger partial charge < -0.3 is 33.6 Å². The van der Waals surface area contributed by atoms with E-state index in [0.717, 1.165) is 23.6 Å². The molecule has 2 fully saturated rings. The number of methoxy groups -OCH3 is 2. The standard InChI is InChI=1S/C32H39N5O6S/c1-32(2,3)43-31(40)33-21-9-10-23(30(39)42-6)36(17-21)28(38)20-13-22-26(25(15-20)41-5)35(4)27(34-22)24-14-19-11-12-44-29(19)37(24)16-18-7-8-18/h11-15,18,21,23H,7-10,16-17H2,1-6H3,(H,33,40)/t21?,23-/m1/s1. The summed E-state index contributed by atoms with van der Waals surface area (Å²) in [5.74, 6) is 1.10. The van der Waals surface area contributed by atoms with Crippen LogP contribution in [0.25, 0.3) is 32.8 Å². The summed E-state index contributed by atoms with van der Waals surface area (Å²) in [5, 5.41) is 6.16. The normalized spacial score (nSPS) is 18.9. The number of ether oxygens (including phenoxy) is 3. The molecule has 1 saturated heterocycles. The minimum absolute atomic E-state index is 0.122. The fourth-order valence-corrected chi connectivity index (χ4v) is 6.96. The fraction of sp³-hybridized carbons (Fsp3) is 0.500. The van der Waals surface area contributed by atoms with Crippen LogP contribution in [0.1, 0.15) is 56.8 Å². The fourth-order valence-electron chi connectivity index (χ4n) is 6.05. The molecule has 1 N–H and O–H groups in total. The number of nitrogens with zero attached hydrogens (tertiary/aromatic N) is 4. The van der Waals surface area contributed by atoms with Crippen molar-refractivity contribution in [2.45, 2.75) is 70.7 Å². The monoisotopic (exact) mass is 621 g/mol. The van der Waals surface area contributed by atoms with Gasteiger partial charge in [0.05, 0.1) is 25.4 Å². The molecule has 1 aromatic carbocycles. The lowest BCUT2D eigenvalue weighted by Crippen LogP contribution is -2.56. The van der Waals surface area contributed by atoms with Crippen molar-refractivity contribution in [2.75, 3.05) is 20.8 Å². The Bertz CT molecular complexity index is 1740. The minimum Gasteiger partial charge on any atom is -0.494 e. The van der Waals surface area contributed by atoms with E-state index < -0.39 is 29.7 Å². The van der Waals surface area contributed by atoms with E-state index in [1.165, 1.54) is 35.1 Å². The Morgan fingerprint density at radius 1 is 1.09 bits per heavy atom. The van der Waals surface area contributed by atoms with Crippen molar-refractivity contribution in [1.29, 1.82) is 0 Å². The Hall–Kier alpha value is -4.06. The van der Waals surface area contributed by atoms with E-state index in [0.29, 0.717) is 35.6 Å². The van der Waals surface area contributed by atoms with Crippen LogP contribution >= 0.6 is 11.3 Å². The molecule has 11 nitrogen and oxygen atoms in total. The molecule has 12 heteroatoms. The van der Waals surface area contributed by atoms with Crippen LogP contribution in [0.15, 0.2) is 29.6 Å². The highest BCUT2D eigenvalue weighted by Gasteiger charge is 2.38. The highest BCUT2D eigenvalue weighted by molar-refractivity contribution is 7.16. The van der Waals surface area contributed by atoms with Gasteiger partial charge in [0.2, 0.25) is 0 Å². The molecule has 1 saturated carbocycles. The lowest BCUT2D eigenvalue weighted by molar-refractivity contribution is -0.147. The van der Waals surface area contributed by atoms with E-state index in [9.17, 15) is 14.4 Å². The summed E-state index contributed by atoms with van der Waals surface area (Å²) < 4.78 is 20.6. The van der Waals surface area contributed by atoms with Crippen molar-refractivity contribution in [2.24, 2.45) is 13.0 Å². The molecule has 3 aromatic heterocycles. The van der Waals surface area contributed by atoms with Crippen molar-refractivity contribution in [1.82, 2.24) is 24.3 Å². The molecular formula is C32H39N5O6S. The number of carbonyl (C=O) groups is 3. The zero-order chi connectivity index (χ0) is 31.3. The van der Waals surface area contributed by atoms with Gasteiger partial charge in [0.1, 0.15) is 27.7 Å². The van der Waals surface area contributed by atoms with E-state index in [1.54, 1.807) is 51.4 Å². The number of hydrogen-bond donors (Lipinski definition) is 1. The summed E-state index contributed by atoms with van der Waals surface area (Å²) in [5.41, 5.74) is 2.09. The third-order valence-corrected chi connectivity index (χ3v) is 9.26. The number of rotatable bonds is 7. The molecule has 2 atom stereocenters. The second-order valence-corrected chi connectivity index (χ2v) is 13.6. The first-order chi connectivity index (χ1) is 21.0. The number of likely N-dealkylation sites (tertiary alicyclic amines) is 1. The van der Waals surface area contributed by atoms with E-state index >= 15 is 0 Å². The molecule has 2 aliphatic rings. The summed E-state index contributed by atoms with van der Waals surface area (Å²) in [4.78, 5) is 47.1. The van der Waals surface area contributed by atoms with Crippen molar-refractivity contribution in [3.8, 4) is 17.3 Å². The second-order valence-electron chi connectivity index (χ2n) is 12.7. The summed E-state index contributed by atoms with van der Waals surface area (Å²) >= 11 is 1.73. The molecule has 4 heterocycles. The number of hydrogen-bond acceptors (Lipinski definition) is 8. The van der Waals surface area contributed by atoms with Gasteiger partial charge >= 0.3 is 12.1 Å². The van der Waals surface area contributed by atoms with Crippen molar-refractivity contribution in [3.05, 3.63) is 35.2 Å². The van der Waals surface area contributed by atoms with Gasteiger partial charge in [-0.2, -0.15) is 0 Å². The maximum atomic E-state index is 14.1. The number of benzene rings is 1. The second kappa shape index (κ2) is 11.5. The Morgan fingerprint density at radius 3 is 2.55 bits per heavy atom. The van der Waals surface area contributed by atoms with Crippen LogP contribution in [-0.2, 0) is 27.9 Å². The van der Waals surface area contributed by atoms with E-state index in [2.05, 4.69) is 27.4 Å². The van der Waals surface area contributed by atoms with Gasteiger partial charge in [0.25, 0.3) is 5.91 Å². The van der Waals surface area contributed by atoms with Crippen LogP contribution in [-0.4, -0.2) is 75.4 Å². The zero-order valence-electron chi connectivity index (χ0n) is 26.0. The third-order valence-electron chi connectivity index (χ3n) is 8.31. The molecule has 1 aliphatic heterocycles.